The second-order valence-corrected chi connectivity index (χ2v) is 11.7. The number of carbonyl (C=O) groups is 1. The first-order valence-electron chi connectivity index (χ1n) is 8.82. The summed E-state index contributed by atoms with van der Waals surface area (Å²) in [4.78, 5) is 23.9. The van der Waals surface area contributed by atoms with E-state index in [0.29, 0.717) is 6.08 Å². The topological polar surface area (TPSA) is 87.9 Å². The molecule has 0 aliphatic carbocycles. The molecule has 1 aliphatic rings. The van der Waals surface area contributed by atoms with Crippen LogP contribution in [-0.2, 0) is 14.4 Å². The lowest BCUT2D eigenvalue weighted by atomic mass is 9.99. The molecule has 0 bridgehead atoms. The summed E-state index contributed by atoms with van der Waals surface area (Å²) in [7, 11) is -8.03. The summed E-state index contributed by atoms with van der Waals surface area (Å²) in [6.45, 7) is 0.218. The van der Waals surface area contributed by atoms with Crippen LogP contribution in [0.15, 0.2) is 22.6 Å². The highest BCUT2D eigenvalue weighted by Gasteiger charge is 2.65. The Bertz CT molecular complexity index is 1000. The third-order valence-electron chi connectivity index (χ3n) is 3.93. The second kappa shape index (κ2) is 9.18. The number of hydrogen-bond acceptors (Lipinski definition) is 8. The van der Waals surface area contributed by atoms with E-state index < -0.39 is 67.5 Å². The zero-order chi connectivity index (χ0) is 26.0. The molecule has 0 saturated heterocycles. The summed E-state index contributed by atoms with van der Waals surface area (Å²) in [6, 6.07) is -0.0974. The lowest BCUT2D eigenvalue weighted by molar-refractivity contribution is -0.756. The minimum Gasteiger partial charge on any atom is -0.475 e. The van der Waals surface area contributed by atoms with Crippen LogP contribution in [0.25, 0.3) is 6.08 Å². The predicted octanol–water partition coefficient (Wildman–Crippen LogP) is 6.49. The molecule has 194 valence electrons. The van der Waals surface area contributed by atoms with E-state index in [9.17, 15) is 47.5 Å². The standard InChI is InChI=1S/C16H15F8NO6S3/c1-9-6-11(34(20,21,22,23)24)7-10-8-12(14(16(17,18)19)31-13(9)10)15(26)29-2-4-32-33-5-3-30-25(27)28/h6-8,14H,2-5H2,1H3. The molecule has 34 heavy (non-hydrogen) atoms. The first-order valence-corrected chi connectivity index (χ1v) is 13.3. The van der Waals surface area contributed by atoms with Crippen LogP contribution < -0.4 is 4.74 Å². The Hall–Kier alpha value is -2.08. The number of ether oxygens (including phenoxy) is 2. The number of nitrogens with zero attached hydrogens (tertiary/aromatic N) is 1. The molecule has 1 atom stereocenters. The maximum atomic E-state index is 13.5. The third-order valence-corrected chi connectivity index (χ3v) is 7.39. The van der Waals surface area contributed by atoms with Crippen molar-refractivity contribution < 1.29 is 56.8 Å². The summed E-state index contributed by atoms with van der Waals surface area (Å²) in [5, 5.41) is 8.98. The van der Waals surface area contributed by atoms with Crippen molar-refractivity contribution in [3.05, 3.63) is 38.9 Å². The predicted molar refractivity (Wildman–Crippen MR) is 110 cm³/mol. The number of halogens is 8. The molecule has 0 saturated carbocycles. The normalized spacial score (nSPS) is 18.0. The monoisotopic (exact) mass is 565 g/mol. The number of rotatable bonds is 10. The molecule has 2 rings (SSSR count). The van der Waals surface area contributed by atoms with E-state index in [1.54, 1.807) is 0 Å². The van der Waals surface area contributed by atoms with E-state index in [-0.39, 0.29) is 30.2 Å². The van der Waals surface area contributed by atoms with E-state index in [2.05, 4.69) is 4.84 Å². The van der Waals surface area contributed by atoms with Gasteiger partial charge in [-0.3, -0.25) is 0 Å². The van der Waals surface area contributed by atoms with Crippen LogP contribution in [0.4, 0.5) is 32.6 Å². The van der Waals surface area contributed by atoms with Gasteiger partial charge in [-0.1, -0.05) is 41.0 Å². The highest BCUT2D eigenvalue weighted by atomic mass is 33.1. The van der Waals surface area contributed by atoms with Gasteiger partial charge in [-0.25, -0.2) is 4.79 Å². The fourth-order valence-electron chi connectivity index (χ4n) is 2.61. The van der Waals surface area contributed by atoms with Crippen molar-refractivity contribution >= 4 is 43.9 Å². The Labute approximate surface area is 194 Å². The van der Waals surface area contributed by atoms with Crippen molar-refractivity contribution in [3.8, 4) is 5.75 Å². The first kappa shape index (κ1) is 28.2. The fraction of sp³-hybridized carbons (Fsp3) is 0.438. The van der Waals surface area contributed by atoms with Gasteiger partial charge in [0.1, 0.15) is 23.9 Å². The lowest BCUT2D eigenvalue weighted by Gasteiger charge is -2.41. The third kappa shape index (κ3) is 7.72. The molecule has 1 heterocycles. The van der Waals surface area contributed by atoms with Gasteiger partial charge in [-0.2, -0.15) is 13.2 Å². The van der Waals surface area contributed by atoms with E-state index >= 15 is 0 Å². The molecule has 1 aromatic rings. The minimum atomic E-state index is -10.2. The van der Waals surface area contributed by atoms with Gasteiger partial charge in [-0.05, 0) is 30.7 Å². The molecule has 1 aliphatic heterocycles. The van der Waals surface area contributed by atoms with E-state index in [1.807, 2.05) is 0 Å². The highest BCUT2D eigenvalue weighted by Crippen LogP contribution is 3.02. The first-order chi connectivity index (χ1) is 15.3. The van der Waals surface area contributed by atoms with Gasteiger partial charge in [0, 0.05) is 17.1 Å². The molecule has 0 N–H and O–H groups in total. The zero-order valence-electron chi connectivity index (χ0n) is 16.8. The Morgan fingerprint density at radius 1 is 1.15 bits per heavy atom. The largest absolute Gasteiger partial charge is 0.475 e. The summed E-state index contributed by atoms with van der Waals surface area (Å²) in [5.74, 6) is -2.07. The second-order valence-electron chi connectivity index (χ2n) is 6.60. The minimum absolute atomic E-state index is 0.0173. The van der Waals surface area contributed by atoms with Crippen molar-refractivity contribution in [2.24, 2.45) is 0 Å². The Kier molecular flexibility index (Phi) is 7.60. The molecule has 7 nitrogen and oxygen atoms in total. The summed E-state index contributed by atoms with van der Waals surface area (Å²) in [5.41, 5.74) is -2.63. The fourth-order valence-corrected chi connectivity index (χ4v) is 5.00. The quantitative estimate of drug-likeness (QED) is 0.0795. The van der Waals surface area contributed by atoms with Gasteiger partial charge in [0.05, 0.1) is 5.57 Å². The van der Waals surface area contributed by atoms with Crippen LogP contribution in [0.2, 0.25) is 0 Å². The van der Waals surface area contributed by atoms with Gasteiger partial charge < -0.3 is 14.3 Å². The van der Waals surface area contributed by atoms with Gasteiger partial charge in [0.25, 0.3) is 5.09 Å². The van der Waals surface area contributed by atoms with Crippen molar-refractivity contribution in [2.75, 3.05) is 24.7 Å². The smallest absolute Gasteiger partial charge is 0.430 e. The SMILES string of the molecule is Cc1cc(S(F)(F)(F)(F)F)cc2c1OC(C(F)(F)F)C(C(=O)OCCSSCCO[N+](=O)[O-])=C2. The maximum Gasteiger partial charge on any atom is 0.430 e. The molecule has 1 aromatic carbocycles. The van der Waals surface area contributed by atoms with Crippen LogP contribution >= 0.6 is 31.8 Å². The Morgan fingerprint density at radius 3 is 2.26 bits per heavy atom. The van der Waals surface area contributed by atoms with Crippen molar-refractivity contribution in [2.45, 2.75) is 24.1 Å². The highest BCUT2D eigenvalue weighted by molar-refractivity contribution is 8.76. The number of esters is 1. The maximum absolute atomic E-state index is 13.5. The van der Waals surface area contributed by atoms with Crippen LogP contribution in [-0.4, -0.2) is 48.1 Å². The van der Waals surface area contributed by atoms with E-state index in [0.717, 1.165) is 28.5 Å². The Balaban J connectivity index is 2.19. The van der Waals surface area contributed by atoms with Crippen molar-refractivity contribution in [1.29, 1.82) is 0 Å². The lowest BCUT2D eigenvalue weighted by Crippen LogP contribution is -2.41. The molecule has 1 unspecified atom stereocenters. The van der Waals surface area contributed by atoms with Crippen LogP contribution in [0, 0.1) is 17.0 Å². The van der Waals surface area contributed by atoms with Gasteiger partial charge in [0.15, 0.2) is 0 Å². The average molecular weight is 565 g/mol. The van der Waals surface area contributed by atoms with Crippen LogP contribution in [0.3, 0.4) is 0 Å². The van der Waals surface area contributed by atoms with Crippen LogP contribution in [0.1, 0.15) is 11.1 Å². The number of fused-ring (bicyclic) bond motifs is 1. The van der Waals surface area contributed by atoms with Gasteiger partial charge in [-0.15, -0.1) is 10.1 Å². The molecule has 0 amide bonds. The molecular formula is C16H15F8NO6S3. The molecule has 18 heteroatoms. The van der Waals surface area contributed by atoms with Crippen molar-refractivity contribution in [3.63, 3.8) is 0 Å². The van der Waals surface area contributed by atoms with Crippen LogP contribution in [0.5, 0.6) is 5.75 Å². The van der Waals surface area contributed by atoms with Crippen molar-refractivity contribution in [1.82, 2.24) is 0 Å². The molecule has 0 radical (unpaired) electrons. The molecular weight excluding hydrogens is 550 g/mol. The zero-order valence-corrected chi connectivity index (χ0v) is 19.2. The number of hydrogen-bond donors (Lipinski definition) is 0. The van der Waals surface area contributed by atoms with Gasteiger partial charge in [0.2, 0.25) is 6.10 Å². The van der Waals surface area contributed by atoms with Gasteiger partial charge >= 0.3 is 22.4 Å². The molecule has 0 spiro atoms. The van der Waals surface area contributed by atoms with E-state index in [4.69, 9.17) is 9.47 Å². The van der Waals surface area contributed by atoms with E-state index in [1.165, 1.54) is 0 Å². The summed E-state index contributed by atoms with van der Waals surface area (Å²) >= 11 is 0. The molecule has 0 fully saturated rings. The molecule has 0 aromatic heterocycles. The Morgan fingerprint density at radius 2 is 1.74 bits per heavy atom. The number of benzene rings is 1. The number of alkyl halides is 3. The average Bonchev–Trinajstić information content (AvgIpc) is 2.66. The summed E-state index contributed by atoms with van der Waals surface area (Å²) < 4.78 is 116. The number of carbonyl (C=O) groups excluding carboxylic acids is 1. The number of aryl methyl sites for hydroxylation is 1. The summed E-state index contributed by atoms with van der Waals surface area (Å²) in [6.07, 6.45) is -7.68.